The lowest BCUT2D eigenvalue weighted by molar-refractivity contribution is -0.112. The minimum Gasteiger partial charge on any atom is -0.388 e. The van der Waals surface area contributed by atoms with Gasteiger partial charge in [-0.15, -0.1) is 0 Å². The molecule has 0 aromatic rings. The van der Waals surface area contributed by atoms with Gasteiger partial charge in [0, 0.05) is 5.57 Å². The van der Waals surface area contributed by atoms with Crippen molar-refractivity contribution in [3.05, 3.63) is 35.5 Å². The van der Waals surface area contributed by atoms with E-state index in [1.807, 2.05) is 20.8 Å². The Morgan fingerprint density at radius 3 is 2.56 bits per heavy atom. The van der Waals surface area contributed by atoms with E-state index in [9.17, 15) is 15.0 Å². The second-order valence-electron chi connectivity index (χ2n) is 6.60. The highest BCUT2D eigenvalue weighted by atomic mass is 16.3. The maximum atomic E-state index is 11.8. The number of hydrogen-bond donors (Lipinski definition) is 2. The fraction of sp³-hybridized carbons (Fsp3) is 0.533. The van der Waals surface area contributed by atoms with Crippen molar-refractivity contribution in [1.29, 1.82) is 0 Å². The number of carbonyl (C=O) groups is 1. The van der Waals surface area contributed by atoms with Crippen LogP contribution in [0.5, 0.6) is 0 Å². The molecule has 3 aliphatic rings. The Kier molecular flexibility index (Phi) is 1.89. The fourth-order valence-electron chi connectivity index (χ4n) is 3.80. The molecule has 0 unspecified atom stereocenters. The van der Waals surface area contributed by atoms with Crippen molar-refractivity contribution in [3.8, 4) is 0 Å². The summed E-state index contributed by atoms with van der Waals surface area (Å²) in [6.45, 7) is 9.57. The topological polar surface area (TPSA) is 57.5 Å². The summed E-state index contributed by atoms with van der Waals surface area (Å²) in [4.78, 5) is 11.8. The lowest BCUT2D eigenvalue weighted by atomic mass is 9.67. The van der Waals surface area contributed by atoms with Crippen molar-refractivity contribution < 1.29 is 15.0 Å². The number of fused-ring (bicyclic) bond motifs is 3. The number of carbonyl (C=O) groups excluding carboxylic acids is 1. The monoisotopic (exact) mass is 246 g/mol. The van der Waals surface area contributed by atoms with Gasteiger partial charge in [-0.3, -0.25) is 4.79 Å². The van der Waals surface area contributed by atoms with Crippen molar-refractivity contribution >= 4 is 5.78 Å². The van der Waals surface area contributed by atoms with Crippen LogP contribution in [0.2, 0.25) is 0 Å². The van der Waals surface area contributed by atoms with E-state index in [0.29, 0.717) is 17.6 Å². The SMILES string of the molecule is C=C1C(=O)C=C2C=C3[C@@H](O)C(C)(C)C[C@]3(O)[C@]12C. The Labute approximate surface area is 107 Å². The van der Waals surface area contributed by atoms with E-state index >= 15 is 0 Å². The predicted octanol–water partition coefficient (Wildman–Crippen LogP) is 1.52. The molecule has 0 aromatic heterocycles. The Morgan fingerprint density at radius 1 is 1.33 bits per heavy atom. The molecule has 96 valence electrons. The Bertz CT molecular complexity index is 552. The molecule has 0 heterocycles. The zero-order valence-electron chi connectivity index (χ0n) is 10.9. The van der Waals surface area contributed by atoms with Gasteiger partial charge in [0.05, 0.1) is 11.5 Å². The second-order valence-corrected chi connectivity index (χ2v) is 6.60. The molecule has 3 heteroatoms. The number of aliphatic hydroxyl groups is 2. The maximum Gasteiger partial charge on any atom is 0.182 e. The molecule has 0 bridgehead atoms. The van der Waals surface area contributed by atoms with Crippen LogP contribution < -0.4 is 0 Å². The van der Waals surface area contributed by atoms with Gasteiger partial charge < -0.3 is 10.2 Å². The third kappa shape index (κ3) is 0.975. The van der Waals surface area contributed by atoms with E-state index in [0.717, 1.165) is 5.57 Å². The number of aliphatic hydroxyl groups excluding tert-OH is 1. The van der Waals surface area contributed by atoms with Crippen LogP contribution in [0.25, 0.3) is 0 Å². The molecular weight excluding hydrogens is 228 g/mol. The first-order valence-electron chi connectivity index (χ1n) is 6.23. The molecule has 3 rings (SSSR count). The molecule has 0 amide bonds. The highest BCUT2D eigenvalue weighted by Crippen LogP contribution is 2.65. The van der Waals surface area contributed by atoms with Gasteiger partial charge in [0.1, 0.15) is 5.60 Å². The first kappa shape index (κ1) is 11.9. The predicted molar refractivity (Wildman–Crippen MR) is 67.8 cm³/mol. The Morgan fingerprint density at radius 2 is 1.94 bits per heavy atom. The van der Waals surface area contributed by atoms with Gasteiger partial charge in [0.25, 0.3) is 0 Å². The molecule has 0 saturated heterocycles. The molecule has 3 aliphatic carbocycles. The van der Waals surface area contributed by atoms with Crippen molar-refractivity contribution in [1.82, 2.24) is 0 Å². The van der Waals surface area contributed by atoms with E-state index in [4.69, 9.17) is 0 Å². The van der Waals surface area contributed by atoms with E-state index in [1.165, 1.54) is 6.08 Å². The minimum atomic E-state index is -1.18. The zero-order valence-corrected chi connectivity index (χ0v) is 10.9. The quantitative estimate of drug-likeness (QED) is 0.637. The third-order valence-corrected chi connectivity index (χ3v) is 5.13. The van der Waals surface area contributed by atoms with Crippen molar-refractivity contribution in [2.45, 2.75) is 38.9 Å². The molecule has 0 radical (unpaired) electrons. The molecule has 3 atom stereocenters. The highest BCUT2D eigenvalue weighted by molar-refractivity contribution is 6.10. The van der Waals surface area contributed by atoms with Gasteiger partial charge in [-0.25, -0.2) is 0 Å². The van der Waals surface area contributed by atoms with Crippen LogP contribution in [0, 0.1) is 10.8 Å². The summed E-state index contributed by atoms with van der Waals surface area (Å²) in [7, 11) is 0. The molecule has 1 fully saturated rings. The van der Waals surface area contributed by atoms with Gasteiger partial charge in [-0.2, -0.15) is 0 Å². The summed E-state index contributed by atoms with van der Waals surface area (Å²) in [5.41, 5.74) is -0.490. The van der Waals surface area contributed by atoms with Crippen molar-refractivity contribution in [3.63, 3.8) is 0 Å². The molecule has 1 saturated carbocycles. The zero-order chi connectivity index (χ0) is 13.5. The van der Waals surface area contributed by atoms with Gasteiger partial charge in [0.15, 0.2) is 5.78 Å². The largest absolute Gasteiger partial charge is 0.388 e. The van der Waals surface area contributed by atoms with Crippen LogP contribution >= 0.6 is 0 Å². The Hall–Kier alpha value is -1.19. The number of hydrogen-bond acceptors (Lipinski definition) is 3. The van der Waals surface area contributed by atoms with Crippen LogP contribution in [0.4, 0.5) is 0 Å². The smallest absolute Gasteiger partial charge is 0.182 e. The summed E-state index contributed by atoms with van der Waals surface area (Å²) in [5.74, 6) is -0.115. The normalized spacial score (nSPS) is 44.8. The van der Waals surface area contributed by atoms with E-state index in [2.05, 4.69) is 6.58 Å². The highest BCUT2D eigenvalue weighted by Gasteiger charge is 2.67. The van der Waals surface area contributed by atoms with Crippen LogP contribution in [0.1, 0.15) is 27.2 Å². The summed E-state index contributed by atoms with van der Waals surface area (Å²) in [6, 6.07) is 0. The van der Waals surface area contributed by atoms with Crippen molar-refractivity contribution in [2.24, 2.45) is 10.8 Å². The van der Waals surface area contributed by atoms with Crippen LogP contribution in [0.3, 0.4) is 0 Å². The lowest BCUT2D eigenvalue weighted by Gasteiger charge is -2.39. The maximum absolute atomic E-state index is 11.8. The molecule has 18 heavy (non-hydrogen) atoms. The molecule has 0 aromatic carbocycles. The number of allylic oxidation sites excluding steroid dienone is 2. The lowest BCUT2D eigenvalue weighted by Crippen LogP contribution is -2.44. The summed E-state index contributed by atoms with van der Waals surface area (Å²) >= 11 is 0. The summed E-state index contributed by atoms with van der Waals surface area (Å²) < 4.78 is 0. The van der Waals surface area contributed by atoms with E-state index in [1.54, 1.807) is 6.08 Å². The van der Waals surface area contributed by atoms with Gasteiger partial charge in [-0.05, 0) is 36.0 Å². The Balaban J connectivity index is 2.24. The average molecular weight is 246 g/mol. The summed E-state index contributed by atoms with van der Waals surface area (Å²) in [5, 5.41) is 21.4. The van der Waals surface area contributed by atoms with Crippen LogP contribution in [0.15, 0.2) is 35.5 Å². The van der Waals surface area contributed by atoms with Crippen LogP contribution in [-0.4, -0.2) is 27.7 Å². The molecule has 0 spiro atoms. The number of ketones is 1. The van der Waals surface area contributed by atoms with Gasteiger partial charge in [0.2, 0.25) is 0 Å². The first-order chi connectivity index (χ1) is 8.14. The second kappa shape index (κ2) is 2.86. The van der Waals surface area contributed by atoms with E-state index in [-0.39, 0.29) is 11.2 Å². The molecule has 0 aliphatic heterocycles. The first-order valence-corrected chi connectivity index (χ1v) is 6.23. The van der Waals surface area contributed by atoms with E-state index < -0.39 is 17.1 Å². The van der Waals surface area contributed by atoms with Crippen molar-refractivity contribution in [2.75, 3.05) is 0 Å². The molecule has 3 nitrogen and oxygen atoms in total. The third-order valence-electron chi connectivity index (χ3n) is 5.13. The molecule has 2 N–H and O–H groups in total. The van der Waals surface area contributed by atoms with Gasteiger partial charge in [-0.1, -0.05) is 26.5 Å². The van der Waals surface area contributed by atoms with Gasteiger partial charge >= 0.3 is 0 Å². The molecular formula is C15H18O3. The minimum absolute atomic E-state index is 0.115. The number of rotatable bonds is 0. The fourth-order valence-corrected chi connectivity index (χ4v) is 3.80. The van der Waals surface area contributed by atoms with Crippen LogP contribution in [-0.2, 0) is 4.79 Å². The standard InChI is InChI=1S/C15H18O3/c1-8-11(16)6-9-5-10-12(17)13(2,3)7-15(10,18)14(8,9)4/h5-6,12,17-18H,1,7H2,2-4H3/t12-,14-,15-/m1/s1. The average Bonchev–Trinajstić information content (AvgIpc) is 2.68. The summed E-state index contributed by atoms with van der Waals surface area (Å²) in [6.07, 6.45) is 3.09.